The van der Waals surface area contributed by atoms with Crippen molar-refractivity contribution >= 4 is 17.6 Å². The lowest BCUT2D eigenvalue weighted by Crippen LogP contribution is -2.01. The lowest BCUT2D eigenvalue weighted by atomic mass is 10.0. The summed E-state index contributed by atoms with van der Waals surface area (Å²) in [5.41, 5.74) is 7.65. The monoisotopic (exact) mass is 183 g/mol. The predicted octanol–water partition coefficient (Wildman–Crippen LogP) is 1.75. The molecule has 0 saturated heterocycles. The minimum atomic E-state index is 0.416. The molecule has 0 fully saturated rings. The Morgan fingerprint density at radius 2 is 2.17 bits per heavy atom. The van der Waals surface area contributed by atoms with Crippen LogP contribution < -0.4 is 10.9 Å². The third kappa shape index (κ3) is 1.70. The molecule has 0 unspecified atom stereocenters. The Hall–Kier alpha value is -0.740. The van der Waals surface area contributed by atoms with Crippen molar-refractivity contribution in [3.8, 4) is 0 Å². The van der Waals surface area contributed by atoms with Crippen molar-refractivity contribution in [2.24, 2.45) is 5.14 Å². The molecule has 4 heteroatoms. The average molecular weight is 183 g/mol. The van der Waals surface area contributed by atoms with Crippen LogP contribution in [0.5, 0.6) is 0 Å². The van der Waals surface area contributed by atoms with Crippen molar-refractivity contribution in [1.82, 2.24) is 4.98 Å². The van der Waals surface area contributed by atoms with Gasteiger partial charge in [-0.25, -0.2) is 4.98 Å². The molecule has 0 spiro atoms. The fourth-order valence-electron chi connectivity index (χ4n) is 1.07. The predicted molar refractivity (Wildman–Crippen MR) is 52.8 cm³/mol. The van der Waals surface area contributed by atoms with Crippen LogP contribution in [0, 0.1) is 0 Å². The lowest BCUT2D eigenvalue weighted by Gasteiger charge is -2.10. The maximum absolute atomic E-state index is 5.83. The standard InChI is InChI=1S/C8H13N3S/c1-5(2)6-3-4-11-8(12-10)7(6)9/h3-5H,9-10H2,1-2H3. The topological polar surface area (TPSA) is 64.9 Å². The number of rotatable bonds is 2. The van der Waals surface area contributed by atoms with Crippen LogP contribution in [0.15, 0.2) is 17.3 Å². The molecule has 0 atom stereocenters. The highest BCUT2D eigenvalue weighted by molar-refractivity contribution is 7.97. The van der Waals surface area contributed by atoms with Gasteiger partial charge in [0.1, 0.15) is 5.03 Å². The Kier molecular flexibility index (Phi) is 2.94. The van der Waals surface area contributed by atoms with Gasteiger partial charge in [-0.2, -0.15) is 0 Å². The van der Waals surface area contributed by atoms with Crippen molar-refractivity contribution in [3.63, 3.8) is 0 Å². The molecular formula is C8H13N3S. The molecular weight excluding hydrogens is 170 g/mol. The van der Waals surface area contributed by atoms with Gasteiger partial charge in [-0.3, -0.25) is 5.14 Å². The van der Waals surface area contributed by atoms with Gasteiger partial charge in [0.05, 0.1) is 5.69 Å². The van der Waals surface area contributed by atoms with Crippen molar-refractivity contribution in [1.29, 1.82) is 0 Å². The van der Waals surface area contributed by atoms with Gasteiger partial charge in [0.15, 0.2) is 0 Å². The fourth-order valence-corrected chi connectivity index (χ4v) is 1.43. The first-order chi connectivity index (χ1) is 5.66. The summed E-state index contributed by atoms with van der Waals surface area (Å²) in [6, 6.07) is 1.93. The van der Waals surface area contributed by atoms with Crippen LogP contribution in [0.25, 0.3) is 0 Å². The molecule has 0 aliphatic carbocycles. The molecule has 4 N–H and O–H groups in total. The third-order valence-corrected chi connectivity index (χ3v) is 2.27. The number of aromatic nitrogens is 1. The molecule has 1 rings (SSSR count). The molecule has 0 amide bonds. The summed E-state index contributed by atoms with van der Waals surface area (Å²) in [6.45, 7) is 4.19. The first kappa shape index (κ1) is 9.35. The molecule has 3 nitrogen and oxygen atoms in total. The summed E-state index contributed by atoms with van der Waals surface area (Å²) in [4.78, 5) is 4.05. The summed E-state index contributed by atoms with van der Waals surface area (Å²) in [5.74, 6) is 0.416. The first-order valence-corrected chi connectivity index (χ1v) is 4.66. The van der Waals surface area contributed by atoms with E-state index in [9.17, 15) is 0 Å². The summed E-state index contributed by atoms with van der Waals surface area (Å²) >= 11 is 1.09. The molecule has 0 bridgehead atoms. The SMILES string of the molecule is CC(C)c1ccnc(SN)c1N. The van der Waals surface area contributed by atoms with Crippen LogP contribution in [-0.2, 0) is 0 Å². The number of hydrogen-bond acceptors (Lipinski definition) is 4. The van der Waals surface area contributed by atoms with E-state index in [0.717, 1.165) is 17.5 Å². The molecule has 0 aromatic carbocycles. The van der Waals surface area contributed by atoms with E-state index in [1.807, 2.05) is 6.07 Å². The van der Waals surface area contributed by atoms with Gasteiger partial charge in [-0.05, 0) is 29.5 Å². The minimum absolute atomic E-state index is 0.416. The van der Waals surface area contributed by atoms with E-state index in [0.29, 0.717) is 16.6 Å². The number of nitrogens with zero attached hydrogens (tertiary/aromatic N) is 1. The lowest BCUT2D eigenvalue weighted by molar-refractivity contribution is 0.858. The second-order valence-electron chi connectivity index (χ2n) is 2.89. The Labute approximate surface area is 76.7 Å². The summed E-state index contributed by atoms with van der Waals surface area (Å²) in [6.07, 6.45) is 1.74. The summed E-state index contributed by atoms with van der Waals surface area (Å²) in [5, 5.41) is 6.10. The van der Waals surface area contributed by atoms with Gasteiger partial charge in [-0.15, -0.1) is 0 Å². The third-order valence-electron chi connectivity index (χ3n) is 1.72. The van der Waals surface area contributed by atoms with Crippen LogP contribution in [-0.4, -0.2) is 4.98 Å². The number of anilines is 1. The zero-order valence-corrected chi connectivity index (χ0v) is 8.06. The highest BCUT2D eigenvalue weighted by Crippen LogP contribution is 2.26. The molecule has 0 radical (unpaired) electrons. The minimum Gasteiger partial charge on any atom is -0.396 e. The first-order valence-electron chi connectivity index (χ1n) is 3.78. The summed E-state index contributed by atoms with van der Waals surface area (Å²) < 4.78 is 0. The van der Waals surface area contributed by atoms with E-state index in [4.69, 9.17) is 10.9 Å². The van der Waals surface area contributed by atoms with Crippen molar-refractivity contribution in [2.75, 3.05) is 5.73 Å². The highest BCUT2D eigenvalue weighted by atomic mass is 32.2. The van der Waals surface area contributed by atoms with Crippen molar-refractivity contribution in [3.05, 3.63) is 17.8 Å². The van der Waals surface area contributed by atoms with E-state index in [1.165, 1.54) is 0 Å². The quantitative estimate of drug-likeness (QED) is 0.686. The molecule has 1 heterocycles. The Morgan fingerprint density at radius 3 is 2.67 bits per heavy atom. The smallest absolute Gasteiger partial charge is 0.134 e. The van der Waals surface area contributed by atoms with Gasteiger partial charge < -0.3 is 5.73 Å². The van der Waals surface area contributed by atoms with Crippen LogP contribution in [0.2, 0.25) is 0 Å². The molecule has 12 heavy (non-hydrogen) atoms. The van der Waals surface area contributed by atoms with E-state index < -0.39 is 0 Å². The zero-order chi connectivity index (χ0) is 9.14. The van der Waals surface area contributed by atoms with Gasteiger partial charge in [-0.1, -0.05) is 13.8 Å². The van der Waals surface area contributed by atoms with E-state index >= 15 is 0 Å². The number of pyridine rings is 1. The number of hydrogen-bond donors (Lipinski definition) is 2. The Bertz CT molecular complexity index is 273. The maximum Gasteiger partial charge on any atom is 0.134 e. The van der Waals surface area contributed by atoms with Crippen LogP contribution in [0.3, 0.4) is 0 Å². The van der Waals surface area contributed by atoms with E-state index in [2.05, 4.69) is 18.8 Å². The van der Waals surface area contributed by atoms with E-state index in [-0.39, 0.29) is 0 Å². The Balaban J connectivity index is 3.14. The van der Waals surface area contributed by atoms with Crippen LogP contribution in [0.1, 0.15) is 25.3 Å². The van der Waals surface area contributed by atoms with Gasteiger partial charge in [0.2, 0.25) is 0 Å². The van der Waals surface area contributed by atoms with Gasteiger partial charge in [0.25, 0.3) is 0 Å². The highest BCUT2D eigenvalue weighted by Gasteiger charge is 2.07. The largest absolute Gasteiger partial charge is 0.396 e. The number of nitrogen functional groups attached to an aromatic ring is 1. The number of nitrogens with two attached hydrogens (primary N) is 2. The fraction of sp³-hybridized carbons (Fsp3) is 0.375. The van der Waals surface area contributed by atoms with Crippen LogP contribution in [0.4, 0.5) is 5.69 Å². The van der Waals surface area contributed by atoms with Gasteiger partial charge >= 0.3 is 0 Å². The molecule has 66 valence electrons. The van der Waals surface area contributed by atoms with Crippen molar-refractivity contribution < 1.29 is 0 Å². The molecule has 0 aliphatic heterocycles. The van der Waals surface area contributed by atoms with Crippen LogP contribution >= 0.6 is 11.9 Å². The second kappa shape index (κ2) is 3.78. The summed E-state index contributed by atoms with van der Waals surface area (Å²) in [7, 11) is 0. The molecule has 0 saturated carbocycles. The molecule has 1 aromatic heterocycles. The average Bonchev–Trinajstić information content (AvgIpc) is 2.04. The maximum atomic E-state index is 5.83. The van der Waals surface area contributed by atoms with Crippen molar-refractivity contribution in [2.45, 2.75) is 24.8 Å². The normalized spacial score (nSPS) is 10.7. The molecule has 0 aliphatic rings. The Morgan fingerprint density at radius 1 is 1.50 bits per heavy atom. The van der Waals surface area contributed by atoms with Gasteiger partial charge in [0, 0.05) is 6.20 Å². The zero-order valence-electron chi connectivity index (χ0n) is 7.24. The van der Waals surface area contributed by atoms with E-state index in [1.54, 1.807) is 6.20 Å². The molecule has 1 aromatic rings. The second-order valence-corrected chi connectivity index (χ2v) is 3.51.